The minimum absolute atomic E-state index is 0.314. The summed E-state index contributed by atoms with van der Waals surface area (Å²) >= 11 is 2.06. The molecule has 6 heteroatoms. The zero-order valence-electron chi connectivity index (χ0n) is 14.6. The number of thioether (sulfide) groups is 1. The number of hydrogen-bond donors (Lipinski definition) is 1. The summed E-state index contributed by atoms with van der Waals surface area (Å²) in [5.74, 6) is 2.23. The molecule has 0 bridgehead atoms. The van der Waals surface area contributed by atoms with Crippen LogP contribution < -0.4 is 5.32 Å². The van der Waals surface area contributed by atoms with Gasteiger partial charge in [-0.05, 0) is 26.7 Å². The van der Waals surface area contributed by atoms with Gasteiger partial charge < -0.3 is 15.0 Å². The lowest BCUT2D eigenvalue weighted by atomic mass is 10.2. The molecule has 1 saturated heterocycles. The average Bonchev–Trinajstić information content (AvgIpc) is 3.30. The fourth-order valence-corrected chi connectivity index (χ4v) is 4.08. The molecule has 0 spiro atoms. The summed E-state index contributed by atoms with van der Waals surface area (Å²) in [6.07, 6.45) is 2.69. The van der Waals surface area contributed by atoms with Crippen molar-refractivity contribution < 1.29 is 4.74 Å². The van der Waals surface area contributed by atoms with Crippen molar-refractivity contribution in [3.05, 3.63) is 0 Å². The number of rotatable bonds is 7. The quantitative estimate of drug-likeness (QED) is 0.566. The molecule has 0 atom stereocenters. The highest BCUT2D eigenvalue weighted by Gasteiger charge is 2.30. The van der Waals surface area contributed by atoms with Crippen molar-refractivity contribution in [3.8, 4) is 0 Å². The van der Waals surface area contributed by atoms with Gasteiger partial charge in [-0.25, -0.2) is 0 Å². The monoisotopic (exact) mass is 328 g/mol. The van der Waals surface area contributed by atoms with Crippen LogP contribution in [0.2, 0.25) is 0 Å². The number of hydrogen-bond acceptors (Lipinski definition) is 4. The van der Waals surface area contributed by atoms with E-state index in [0.29, 0.717) is 4.75 Å². The minimum atomic E-state index is 0.314. The van der Waals surface area contributed by atoms with Crippen molar-refractivity contribution >= 4 is 17.7 Å². The highest BCUT2D eigenvalue weighted by atomic mass is 32.2. The lowest BCUT2D eigenvalue weighted by Crippen LogP contribution is -2.52. The van der Waals surface area contributed by atoms with E-state index in [-0.39, 0.29) is 0 Å². The van der Waals surface area contributed by atoms with E-state index >= 15 is 0 Å². The van der Waals surface area contributed by atoms with Crippen molar-refractivity contribution in [1.29, 1.82) is 0 Å². The minimum Gasteiger partial charge on any atom is -0.383 e. The summed E-state index contributed by atoms with van der Waals surface area (Å²) in [7, 11) is 3.67. The molecule has 0 amide bonds. The first-order valence-corrected chi connectivity index (χ1v) is 9.37. The first kappa shape index (κ1) is 17.9. The van der Waals surface area contributed by atoms with Crippen LogP contribution in [0, 0.1) is 0 Å². The third-order valence-electron chi connectivity index (χ3n) is 4.27. The van der Waals surface area contributed by atoms with Crippen LogP contribution in [0.3, 0.4) is 0 Å². The van der Waals surface area contributed by atoms with Crippen LogP contribution in [-0.2, 0) is 4.74 Å². The van der Waals surface area contributed by atoms with Crippen LogP contribution in [0.25, 0.3) is 0 Å². The predicted molar refractivity (Wildman–Crippen MR) is 95.9 cm³/mol. The fraction of sp³-hybridized carbons (Fsp3) is 0.938. The Morgan fingerprint density at radius 3 is 2.77 bits per heavy atom. The van der Waals surface area contributed by atoms with Gasteiger partial charge in [0.1, 0.15) is 0 Å². The predicted octanol–water partition coefficient (Wildman–Crippen LogP) is 1.50. The zero-order valence-corrected chi connectivity index (χ0v) is 15.4. The Labute approximate surface area is 139 Å². The molecule has 0 aromatic heterocycles. The van der Waals surface area contributed by atoms with Crippen LogP contribution in [0.5, 0.6) is 0 Å². The summed E-state index contributed by atoms with van der Waals surface area (Å²) < 4.78 is 5.53. The normalized spacial score (nSPS) is 22.2. The molecule has 5 nitrogen and oxygen atoms in total. The SMILES string of the molecule is CN=C(NCCN(CCOC)C1CC1)N1CCSC(C)(C)C1. The van der Waals surface area contributed by atoms with Gasteiger partial charge in [-0.3, -0.25) is 9.89 Å². The van der Waals surface area contributed by atoms with E-state index in [0.717, 1.165) is 51.3 Å². The number of ether oxygens (including phenoxy) is 1. The highest BCUT2D eigenvalue weighted by Crippen LogP contribution is 2.29. The zero-order chi connectivity index (χ0) is 16.0. The molecule has 1 N–H and O–H groups in total. The van der Waals surface area contributed by atoms with E-state index < -0.39 is 0 Å². The van der Waals surface area contributed by atoms with Crippen molar-refractivity contribution in [1.82, 2.24) is 15.1 Å². The third kappa shape index (κ3) is 5.63. The molecule has 0 aromatic carbocycles. The molecule has 2 aliphatic rings. The molecule has 2 fully saturated rings. The second kappa shape index (κ2) is 8.41. The van der Waals surface area contributed by atoms with E-state index in [1.807, 2.05) is 7.05 Å². The maximum absolute atomic E-state index is 5.22. The van der Waals surface area contributed by atoms with Crippen molar-refractivity contribution in [3.63, 3.8) is 0 Å². The Balaban J connectivity index is 1.76. The third-order valence-corrected chi connectivity index (χ3v) is 5.56. The van der Waals surface area contributed by atoms with Gasteiger partial charge >= 0.3 is 0 Å². The Kier molecular flexibility index (Phi) is 6.84. The molecule has 2 rings (SSSR count). The van der Waals surface area contributed by atoms with Crippen molar-refractivity contribution in [2.45, 2.75) is 37.5 Å². The number of methoxy groups -OCH3 is 1. The molecular weight excluding hydrogens is 296 g/mol. The Morgan fingerprint density at radius 2 is 2.18 bits per heavy atom. The van der Waals surface area contributed by atoms with Gasteiger partial charge in [0.05, 0.1) is 6.61 Å². The standard InChI is InChI=1S/C16H32N4OS/c1-16(2)13-20(10-12-22-16)15(17-3)18-7-8-19(9-11-21-4)14-5-6-14/h14H,5-13H2,1-4H3,(H,17,18). The molecule has 1 aliphatic carbocycles. The Hall–Kier alpha value is -0.460. The van der Waals surface area contributed by atoms with E-state index in [2.05, 4.69) is 45.7 Å². The number of aliphatic imine (C=N–C) groups is 1. The van der Waals surface area contributed by atoms with Gasteiger partial charge in [0.25, 0.3) is 0 Å². The van der Waals surface area contributed by atoms with Gasteiger partial charge in [-0.1, -0.05) is 0 Å². The molecule has 1 aliphatic heterocycles. The van der Waals surface area contributed by atoms with Gasteiger partial charge in [0, 0.05) is 63.4 Å². The van der Waals surface area contributed by atoms with E-state index in [9.17, 15) is 0 Å². The average molecular weight is 329 g/mol. The summed E-state index contributed by atoms with van der Waals surface area (Å²) in [4.78, 5) is 9.41. The van der Waals surface area contributed by atoms with Crippen LogP contribution in [0.4, 0.5) is 0 Å². The first-order valence-electron chi connectivity index (χ1n) is 8.38. The summed E-state index contributed by atoms with van der Waals surface area (Å²) in [6.45, 7) is 10.7. The topological polar surface area (TPSA) is 40.1 Å². The van der Waals surface area contributed by atoms with Crippen LogP contribution >= 0.6 is 11.8 Å². The van der Waals surface area contributed by atoms with Gasteiger partial charge in [0.2, 0.25) is 0 Å². The number of nitrogens with one attached hydrogen (secondary N) is 1. The first-order chi connectivity index (χ1) is 10.6. The molecule has 1 heterocycles. The van der Waals surface area contributed by atoms with Gasteiger partial charge in [0.15, 0.2) is 5.96 Å². The Bertz CT molecular complexity index is 371. The van der Waals surface area contributed by atoms with Crippen molar-refractivity contribution in [2.75, 3.05) is 59.2 Å². The molecule has 128 valence electrons. The van der Waals surface area contributed by atoms with Crippen LogP contribution in [0.15, 0.2) is 4.99 Å². The molecular formula is C16H32N4OS. The Morgan fingerprint density at radius 1 is 1.41 bits per heavy atom. The maximum Gasteiger partial charge on any atom is 0.193 e. The molecule has 22 heavy (non-hydrogen) atoms. The van der Waals surface area contributed by atoms with Crippen molar-refractivity contribution in [2.24, 2.45) is 4.99 Å². The maximum atomic E-state index is 5.22. The second-order valence-electron chi connectivity index (χ2n) is 6.76. The fourth-order valence-electron chi connectivity index (χ4n) is 2.97. The number of guanidine groups is 1. The van der Waals surface area contributed by atoms with Gasteiger partial charge in [-0.2, -0.15) is 11.8 Å². The lowest BCUT2D eigenvalue weighted by Gasteiger charge is -2.39. The molecule has 0 aromatic rings. The molecule has 0 radical (unpaired) electrons. The smallest absolute Gasteiger partial charge is 0.193 e. The van der Waals surface area contributed by atoms with Crippen LogP contribution in [-0.4, -0.2) is 85.8 Å². The molecule has 1 saturated carbocycles. The summed E-state index contributed by atoms with van der Waals surface area (Å²) in [5.41, 5.74) is 0. The largest absolute Gasteiger partial charge is 0.383 e. The van der Waals surface area contributed by atoms with E-state index in [1.54, 1.807) is 7.11 Å². The molecule has 0 unspecified atom stereocenters. The van der Waals surface area contributed by atoms with E-state index in [4.69, 9.17) is 4.74 Å². The van der Waals surface area contributed by atoms with Crippen LogP contribution in [0.1, 0.15) is 26.7 Å². The highest BCUT2D eigenvalue weighted by molar-refractivity contribution is 8.00. The second-order valence-corrected chi connectivity index (χ2v) is 8.57. The summed E-state index contributed by atoms with van der Waals surface area (Å²) in [5, 5.41) is 3.55. The number of nitrogens with zero attached hydrogens (tertiary/aromatic N) is 3. The lowest BCUT2D eigenvalue weighted by molar-refractivity contribution is 0.144. The summed E-state index contributed by atoms with van der Waals surface area (Å²) in [6, 6.07) is 0.782. The van der Waals surface area contributed by atoms with E-state index in [1.165, 1.54) is 18.6 Å². The van der Waals surface area contributed by atoms with Gasteiger partial charge in [-0.15, -0.1) is 0 Å².